The molecule has 0 unspecified atom stereocenters. The van der Waals surface area contributed by atoms with Gasteiger partial charge in [0.15, 0.2) is 0 Å². The number of carbonyl (C=O) groups excluding carboxylic acids is 1. The first-order valence-electron chi connectivity index (χ1n) is 8.14. The minimum atomic E-state index is -0.290. The smallest absolute Gasteiger partial charge is 0.270 e. The first kappa shape index (κ1) is 15.7. The van der Waals surface area contributed by atoms with Crippen LogP contribution in [0.15, 0.2) is 35.4 Å². The topological polar surface area (TPSA) is 54.7 Å². The summed E-state index contributed by atoms with van der Waals surface area (Å²) in [5.41, 5.74) is 0.586. The minimum Gasteiger partial charge on any atom is -0.335 e. The molecule has 1 aliphatic heterocycles. The lowest BCUT2D eigenvalue weighted by Gasteiger charge is -2.30. The molecule has 23 heavy (non-hydrogen) atoms. The van der Waals surface area contributed by atoms with E-state index >= 15 is 0 Å². The predicted molar refractivity (Wildman–Crippen MR) is 89.6 cm³/mol. The van der Waals surface area contributed by atoms with Gasteiger partial charge in [-0.1, -0.05) is 26.8 Å². The highest BCUT2D eigenvalue weighted by Crippen LogP contribution is 2.30. The number of aromatic nitrogens is 2. The summed E-state index contributed by atoms with van der Waals surface area (Å²) in [5, 5.41) is 0. The van der Waals surface area contributed by atoms with Crippen LogP contribution >= 0.6 is 0 Å². The van der Waals surface area contributed by atoms with Gasteiger partial charge in [0.1, 0.15) is 11.2 Å². The van der Waals surface area contributed by atoms with Crippen molar-refractivity contribution in [1.29, 1.82) is 0 Å². The normalized spacial score (nSPS) is 18.6. The van der Waals surface area contributed by atoms with Crippen LogP contribution in [0.5, 0.6) is 0 Å². The Balaban J connectivity index is 1.94. The van der Waals surface area contributed by atoms with Gasteiger partial charge in [-0.25, -0.2) is 4.98 Å². The van der Waals surface area contributed by atoms with E-state index in [1.807, 2.05) is 11.0 Å². The average molecular weight is 313 g/mol. The molecule has 0 spiro atoms. The molecule has 3 rings (SSSR count). The molecule has 0 radical (unpaired) electrons. The molecule has 1 atom stereocenters. The van der Waals surface area contributed by atoms with Crippen molar-refractivity contribution in [3.8, 4) is 0 Å². The van der Waals surface area contributed by atoms with E-state index < -0.39 is 0 Å². The van der Waals surface area contributed by atoms with Crippen LogP contribution < -0.4 is 5.56 Å². The SMILES string of the molecule is CC(C)(C)C[C@H]1CCCN1C(=O)c1cnc2ccccn2c1=O. The zero-order valence-corrected chi connectivity index (χ0v) is 14.0. The molecule has 0 bridgehead atoms. The summed E-state index contributed by atoms with van der Waals surface area (Å²) in [6.07, 6.45) is 6.02. The zero-order chi connectivity index (χ0) is 16.6. The van der Waals surface area contributed by atoms with Gasteiger partial charge in [0.2, 0.25) is 0 Å². The van der Waals surface area contributed by atoms with Crippen molar-refractivity contribution in [3.63, 3.8) is 0 Å². The van der Waals surface area contributed by atoms with Gasteiger partial charge >= 0.3 is 0 Å². The fourth-order valence-corrected chi connectivity index (χ4v) is 3.35. The number of pyridine rings is 1. The van der Waals surface area contributed by atoms with Gasteiger partial charge in [-0.15, -0.1) is 0 Å². The molecule has 5 nitrogen and oxygen atoms in total. The quantitative estimate of drug-likeness (QED) is 0.856. The molecule has 5 heteroatoms. The van der Waals surface area contributed by atoms with E-state index in [4.69, 9.17) is 0 Å². The molecule has 0 aromatic carbocycles. The third-order valence-corrected chi connectivity index (χ3v) is 4.33. The second kappa shape index (κ2) is 5.80. The van der Waals surface area contributed by atoms with Crippen LogP contribution in [0.4, 0.5) is 0 Å². The van der Waals surface area contributed by atoms with Crippen molar-refractivity contribution in [3.05, 3.63) is 46.5 Å². The van der Waals surface area contributed by atoms with E-state index in [9.17, 15) is 9.59 Å². The Bertz CT molecular complexity index is 789. The number of likely N-dealkylation sites (tertiary alicyclic amines) is 1. The van der Waals surface area contributed by atoms with Gasteiger partial charge in [-0.2, -0.15) is 0 Å². The summed E-state index contributed by atoms with van der Waals surface area (Å²) in [4.78, 5) is 31.6. The summed E-state index contributed by atoms with van der Waals surface area (Å²) in [5.74, 6) is -0.187. The van der Waals surface area contributed by atoms with E-state index in [0.717, 1.165) is 25.8 Å². The molecular formula is C18H23N3O2. The number of amides is 1. The number of nitrogens with zero attached hydrogens (tertiary/aromatic N) is 3. The summed E-state index contributed by atoms with van der Waals surface area (Å²) < 4.78 is 1.43. The molecule has 1 saturated heterocycles. The lowest BCUT2D eigenvalue weighted by molar-refractivity contribution is 0.0702. The summed E-state index contributed by atoms with van der Waals surface area (Å²) in [6.45, 7) is 7.26. The van der Waals surface area contributed by atoms with Gasteiger partial charge in [0.05, 0.1) is 0 Å². The molecule has 122 valence electrons. The fourth-order valence-electron chi connectivity index (χ4n) is 3.35. The van der Waals surface area contributed by atoms with Gasteiger partial charge in [0.25, 0.3) is 11.5 Å². The number of hydrogen-bond acceptors (Lipinski definition) is 3. The second-order valence-electron chi connectivity index (χ2n) is 7.47. The molecule has 2 aromatic heterocycles. The largest absolute Gasteiger partial charge is 0.335 e. The molecule has 1 fully saturated rings. The van der Waals surface area contributed by atoms with E-state index in [-0.39, 0.29) is 28.5 Å². The van der Waals surface area contributed by atoms with Crippen LogP contribution in [0.2, 0.25) is 0 Å². The third-order valence-electron chi connectivity index (χ3n) is 4.33. The minimum absolute atomic E-state index is 0.157. The number of hydrogen-bond donors (Lipinski definition) is 0. The highest BCUT2D eigenvalue weighted by molar-refractivity contribution is 5.94. The Morgan fingerprint density at radius 1 is 1.35 bits per heavy atom. The average Bonchev–Trinajstić information content (AvgIpc) is 2.93. The molecule has 0 N–H and O–H groups in total. The van der Waals surface area contributed by atoms with Crippen molar-refractivity contribution in [1.82, 2.24) is 14.3 Å². The maximum absolute atomic E-state index is 12.9. The van der Waals surface area contributed by atoms with E-state index in [1.54, 1.807) is 18.3 Å². The highest BCUT2D eigenvalue weighted by Gasteiger charge is 2.33. The van der Waals surface area contributed by atoms with Gasteiger partial charge in [-0.05, 0) is 36.8 Å². The van der Waals surface area contributed by atoms with Crippen molar-refractivity contribution in [2.75, 3.05) is 6.54 Å². The van der Waals surface area contributed by atoms with Crippen LogP contribution in [0.25, 0.3) is 5.65 Å². The van der Waals surface area contributed by atoms with Crippen molar-refractivity contribution < 1.29 is 4.79 Å². The Hall–Kier alpha value is -2.17. The number of carbonyl (C=O) groups is 1. The van der Waals surface area contributed by atoms with Gasteiger partial charge < -0.3 is 4.90 Å². The van der Waals surface area contributed by atoms with Crippen molar-refractivity contribution in [2.24, 2.45) is 5.41 Å². The Labute approximate surface area is 136 Å². The zero-order valence-electron chi connectivity index (χ0n) is 14.0. The van der Waals surface area contributed by atoms with Gasteiger partial charge in [-0.3, -0.25) is 14.0 Å². The first-order valence-corrected chi connectivity index (χ1v) is 8.14. The van der Waals surface area contributed by atoms with Crippen molar-refractivity contribution in [2.45, 2.75) is 46.1 Å². The Morgan fingerprint density at radius 3 is 2.87 bits per heavy atom. The summed E-state index contributed by atoms with van der Waals surface area (Å²) in [6, 6.07) is 5.55. The lowest BCUT2D eigenvalue weighted by atomic mass is 9.87. The van der Waals surface area contributed by atoms with E-state index in [0.29, 0.717) is 5.65 Å². The predicted octanol–water partition coefficient (Wildman–Crippen LogP) is 2.74. The van der Waals surface area contributed by atoms with Crippen LogP contribution in [0.1, 0.15) is 50.4 Å². The first-order chi connectivity index (χ1) is 10.9. The molecule has 1 amide bonds. The molecular weight excluding hydrogens is 290 g/mol. The summed E-state index contributed by atoms with van der Waals surface area (Å²) >= 11 is 0. The van der Waals surface area contributed by atoms with Crippen molar-refractivity contribution >= 4 is 11.6 Å². The fraction of sp³-hybridized carbons (Fsp3) is 0.500. The molecule has 1 aliphatic rings. The van der Waals surface area contributed by atoms with E-state index in [2.05, 4.69) is 25.8 Å². The Morgan fingerprint density at radius 2 is 2.13 bits per heavy atom. The maximum atomic E-state index is 12.9. The van der Waals surface area contributed by atoms with E-state index in [1.165, 1.54) is 10.6 Å². The number of fused-ring (bicyclic) bond motifs is 1. The monoisotopic (exact) mass is 313 g/mol. The van der Waals surface area contributed by atoms with Crippen LogP contribution in [-0.4, -0.2) is 32.8 Å². The molecule has 2 aromatic rings. The lowest BCUT2D eigenvalue weighted by Crippen LogP contribution is -2.40. The summed E-state index contributed by atoms with van der Waals surface area (Å²) in [7, 11) is 0. The third kappa shape index (κ3) is 3.14. The van der Waals surface area contributed by atoms with Crippen LogP contribution in [-0.2, 0) is 0 Å². The van der Waals surface area contributed by atoms with Crippen LogP contribution in [0.3, 0.4) is 0 Å². The standard InChI is InChI=1S/C18H23N3O2/c1-18(2,3)11-13-7-6-10-20(13)16(22)14-12-19-15-8-4-5-9-21(15)17(14)23/h4-5,8-9,12-13H,6-7,10-11H2,1-3H3/t13-/m1/s1. The number of rotatable bonds is 2. The maximum Gasteiger partial charge on any atom is 0.270 e. The highest BCUT2D eigenvalue weighted by atomic mass is 16.2. The van der Waals surface area contributed by atoms with Gasteiger partial charge in [0, 0.05) is 25.0 Å². The molecule has 3 heterocycles. The molecule has 0 aliphatic carbocycles. The molecule has 0 saturated carbocycles. The second-order valence-corrected chi connectivity index (χ2v) is 7.47. The van der Waals surface area contributed by atoms with Crippen LogP contribution in [0, 0.1) is 5.41 Å². The Kier molecular flexibility index (Phi) is 3.96.